The fraction of sp³-hybridized carbons (Fsp3) is 0.200. The molecule has 0 unspecified atom stereocenters. The Hall–Kier alpha value is -1.08. The van der Waals surface area contributed by atoms with Gasteiger partial charge in [-0.05, 0) is 6.07 Å². The lowest BCUT2D eigenvalue weighted by Gasteiger charge is -2.08. The molecule has 0 bridgehead atoms. The molecule has 0 saturated carbocycles. The molecule has 1 rings (SSSR count). The van der Waals surface area contributed by atoms with Gasteiger partial charge in [0.05, 0.1) is 5.56 Å². The number of anilines is 1. The van der Waals surface area contributed by atoms with Crippen molar-refractivity contribution in [1.82, 2.24) is 10.2 Å². The lowest BCUT2D eigenvalue weighted by Crippen LogP contribution is -2.13. The minimum Gasteiger partial charge on any atom is -0.307 e. The Kier molecular flexibility index (Phi) is 2.58. The molecule has 0 aliphatic rings. The fourth-order valence-corrected chi connectivity index (χ4v) is 0.846. The summed E-state index contributed by atoms with van der Waals surface area (Å²) in [7, 11) is 0. The van der Waals surface area contributed by atoms with Crippen LogP contribution >= 0.6 is 11.6 Å². The second kappa shape index (κ2) is 3.35. The third-order valence-electron chi connectivity index (χ3n) is 1.20. The molecule has 0 saturated heterocycles. The SMILES string of the molecule is NNc1cc(C(F)(F)F)c(Cl)nn1. The number of hydrogen-bond donors (Lipinski definition) is 2. The van der Waals surface area contributed by atoms with Gasteiger partial charge in [0, 0.05) is 0 Å². The van der Waals surface area contributed by atoms with E-state index in [1.807, 2.05) is 5.43 Å². The van der Waals surface area contributed by atoms with Crippen LogP contribution in [0.3, 0.4) is 0 Å². The summed E-state index contributed by atoms with van der Waals surface area (Å²) in [5, 5.41) is 5.62. The normalized spacial score (nSPS) is 11.5. The summed E-state index contributed by atoms with van der Waals surface area (Å²) in [5.74, 6) is 4.65. The van der Waals surface area contributed by atoms with Gasteiger partial charge in [-0.15, -0.1) is 10.2 Å². The molecule has 1 aromatic rings. The molecule has 0 fully saturated rings. The molecule has 13 heavy (non-hydrogen) atoms. The number of hydrazine groups is 1. The first-order valence-corrected chi connectivity index (χ1v) is 3.40. The van der Waals surface area contributed by atoms with Crippen LogP contribution in [-0.2, 0) is 6.18 Å². The Balaban J connectivity index is 3.19. The van der Waals surface area contributed by atoms with Crippen LogP contribution in [0.25, 0.3) is 0 Å². The lowest BCUT2D eigenvalue weighted by atomic mass is 10.3. The van der Waals surface area contributed by atoms with Crippen LogP contribution in [0.15, 0.2) is 6.07 Å². The van der Waals surface area contributed by atoms with E-state index in [0.717, 1.165) is 0 Å². The van der Waals surface area contributed by atoms with E-state index < -0.39 is 16.9 Å². The smallest absolute Gasteiger partial charge is 0.307 e. The van der Waals surface area contributed by atoms with Crippen molar-refractivity contribution in [2.24, 2.45) is 5.84 Å². The van der Waals surface area contributed by atoms with Gasteiger partial charge in [0.15, 0.2) is 11.0 Å². The van der Waals surface area contributed by atoms with Gasteiger partial charge in [-0.3, -0.25) is 0 Å². The van der Waals surface area contributed by atoms with E-state index in [2.05, 4.69) is 10.2 Å². The number of nitrogens with two attached hydrogens (primary N) is 1. The minimum atomic E-state index is -4.56. The van der Waals surface area contributed by atoms with Gasteiger partial charge < -0.3 is 5.43 Å². The molecular weight excluding hydrogens is 209 g/mol. The number of halogens is 4. The maximum atomic E-state index is 12.1. The Morgan fingerprint density at radius 3 is 2.46 bits per heavy atom. The zero-order valence-corrected chi connectivity index (χ0v) is 6.82. The van der Waals surface area contributed by atoms with Crippen molar-refractivity contribution in [3.8, 4) is 0 Å². The average Bonchev–Trinajstić information content (AvgIpc) is 2.03. The monoisotopic (exact) mass is 212 g/mol. The van der Waals surface area contributed by atoms with E-state index in [0.29, 0.717) is 6.07 Å². The Morgan fingerprint density at radius 2 is 2.00 bits per heavy atom. The molecule has 0 aromatic carbocycles. The van der Waals surface area contributed by atoms with Crippen LogP contribution in [0, 0.1) is 0 Å². The van der Waals surface area contributed by atoms with Gasteiger partial charge >= 0.3 is 6.18 Å². The molecule has 0 aliphatic heterocycles. The van der Waals surface area contributed by atoms with Crippen molar-refractivity contribution in [3.63, 3.8) is 0 Å². The van der Waals surface area contributed by atoms with Crippen molar-refractivity contribution in [2.75, 3.05) is 5.43 Å². The van der Waals surface area contributed by atoms with Gasteiger partial charge in [-0.2, -0.15) is 13.2 Å². The number of aromatic nitrogens is 2. The number of alkyl halides is 3. The molecule has 0 aliphatic carbocycles. The molecule has 8 heteroatoms. The summed E-state index contributed by atoms with van der Waals surface area (Å²) in [6, 6.07) is 0.676. The van der Waals surface area contributed by atoms with E-state index in [9.17, 15) is 13.2 Å². The fourth-order valence-electron chi connectivity index (χ4n) is 0.646. The molecule has 0 radical (unpaired) electrons. The van der Waals surface area contributed by atoms with Crippen molar-refractivity contribution in [1.29, 1.82) is 0 Å². The second-order valence-electron chi connectivity index (χ2n) is 2.08. The first-order valence-electron chi connectivity index (χ1n) is 3.02. The highest BCUT2D eigenvalue weighted by Gasteiger charge is 2.34. The largest absolute Gasteiger partial charge is 0.419 e. The number of nitrogens with zero attached hydrogens (tertiary/aromatic N) is 2. The Morgan fingerprint density at radius 1 is 1.38 bits per heavy atom. The summed E-state index contributed by atoms with van der Waals surface area (Å²) < 4.78 is 36.4. The predicted molar refractivity (Wildman–Crippen MR) is 39.9 cm³/mol. The van der Waals surface area contributed by atoms with E-state index in [1.165, 1.54) is 0 Å². The molecule has 4 nitrogen and oxygen atoms in total. The first kappa shape index (κ1) is 10.0. The van der Waals surface area contributed by atoms with Crippen LogP contribution < -0.4 is 11.3 Å². The lowest BCUT2D eigenvalue weighted by molar-refractivity contribution is -0.137. The van der Waals surface area contributed by atoms with Gasteiger partial charge in [0.1, 0.15) is 0 Å². The van der Waals surface area contributed by atoms with Crippen molar-refractivity contribution >= 4 is 17.4 Å². The highest BCUT2D eigenvalue weighted by atomic mass is 35.5. The topological polar surface area (TPSA) is 63.8 Å². The average molecular weight is 213 g/mol. The van der Waals surface area contributed by atoms with Crippen LogP contribution in [0.4, 0.5) is 19.0 Å². The zero-order valence-electron chi connectivity index (χ0n) is 6.06. The first-order chi connectivity index (χ1) is 5.95. The van der Waals surface area contributed by atoms with Crippen molar-refractivity contribution in [3.05, 3.63) is 16.8 Å². The highest BCUT2D eigenvalue weighted by Crippen LogP contribution is 2.33. The Bertz CT molecular complexity index is 313. The quantitative estimate of drug-likeness (QED) is 0.546. The summed E-state index contributed by atoms with van der Waals surface area (Å²) in [4.78, 5) is 0. The molecule has 1 aromatic heterocycles. The molecule has 1 heterocycles. The highest BCUT2D eigenvalue weighted by molar-refractivity contribution is 6.30. The maximum Gasteiger partial charge on any atom is 0.419 e. The molecular formula is C5H4ClF3N4. The molecule has 0 spiro atoms. The number of rotatable bonds is 1. The van der Waals surface area contributed by atoms with Crippen LogP contribution in [-0.4, -0.2) is 10.2 Å². The third-order valence-corrected chi connectivity index (χ3v) is 1.48. The van der Waals surface area contributed by atoms with E-state index >= 15 is 0 Å². The van der Waals surface area contributed by atoms with Crippen molar-refractivity contribution in [2.45, 2.75) is 6.18 Å². The van der Waals surface area contributed by atoms with Crippen LogP contribution in [0.1, 0.15) is 5.56 Å². The van der Waals surface area contributed by atoms with Crippen LogP contribution in [0.5, 0.6) is 0 Å². The second-order valence-corrected chi connectivity index (χ2v) is 2.43. The minimum absolute atomic E-state index is 0.197. The van der Waals surface area contributed by atoms with E-state index in [1.54, 1.807) is 0 Å². The predicted octanol–water partition coefficient (Wildman–Crippen LogP) is 1.43. The summed E-state index contributed by atoms with van der Waals surface area (Å²) in [6.07, 6.45) is -4.56. The van der Waals surface area contributed by atoms with Gasteiger partial charge in [-0.25, -0.2) is 5.84 Å². The van der Waals surface area contributed by atoms with Gasteiger partial charge in [0.25, 0.3) is 0 Å². The number of nitrogens with one attached hydrogen (secondary N) is 1. The summed E-state index contributed by atoms with van der Waals surface area (Å²) >= 11 is 5.18. The van der Waals surface area contributed by atoms with E-state index in [-0.39, 0.29) is 5.82 Å². The molecule has 3 N–H and O–H groups in total. The number of nitrogen functional groups attached to an aromatic ring is 1. The zero-order chi connectivity index (χ0) is 10.1. The Labute approximate surface area is 75.9 Å². The van der Waals surface area contributed by atoms with Gasteiger partial charge in [0.2, 0.25) is 0 Å². The van der Waals surface area contributed by atoms with Gasteiger partial charge in [-0.1, -0.05) is 11.6 Å². The standard InChI is InChI=1S/C5H4ClF3N4/c6-4-2(5(7,8)9)1-3(11-10)12-13-4/h1H,10H2,(H,11,12). The summed E-state index contributed by atoms with van der Waals surface area (Å²) in [5.41, 5.74) is 0.862. The summed E-state index contributed by atoms with van der Waals surface area (Å²) in [6.45, 7) is 0. The maximum absolute atomic E-state index is 12.1. The number of hydrogen-bond acceptors (Lipinski definition) is 4. The molecule has 0 amide bonds. The third kappa shape index (κ3) is 2.19. The molecule has 72 valence electrons. The van der Waals surface area contributed by atoms with Crippen LogP contribution in [0.2, 0.25) is 5.15 Å². The van der Waals surface area contributed by atoms with Crippen molar-refractivity contribution < 1.29 is 13.2 Å². The molecule has 0 atom stereocenters. The van der Waals surface area contributed by atoms with E-state index in [4.69, 9.17) is 17.4 Å².